The molecule has 2 atom stereocenters. The standard InChI is InChI=1S/C25H21Cl2N3O2/c1-3-5-23-25(32,17-6-4-7-20(16-17)28-2)30(22-14-10-19(27)11-15-22)24(31)29(23)21-12-8-18(26)9-13-21/h4,6-16,23,32H,3,5H2,1H3/t23-,25?/m1/s1. The fraction of sp³-hybridized carbons (Fsp3) is 0.200. The average molecular weight is 466 g/mol. The van der Waals surface area contributed by atoms with E-state index in [-0.39, 0.29) is 6.03 Å². The van der Waals surface area contributed by atoms with Gasteiger partial charge in [0, 0.05) is 21.4 Å². The lowest BCUT2D eigenvalue weighted by atomic mass is 9.90. The highest BCUT2D eigenvalue weighted by molar-refractivity contribution is 6.31. The van der Waals surface area contributed by atoms with Crippen molar-refractivity contribution in [3.05, 3.63) is 99.8 Å². The zero-order valence-electron chi connectivity index (χ0n) is 17.4. The van der Waals surface area contributed by atoms with Crippen LogP contribution in [0.25, 0.3) is 4.85 Å². The molecule has 0 bridgehead atoms. The van der Waals surface area contributed by atoms with Gasteiger partial charge in [-0.3, -0.25) is 9.80 Å². The number of hydrogen-bond acceptors (Lipinski definition) is 2. The van der Waals surface area contributed by atoms with Crippen molar-refractivity contribution in [2.45, 2.75) is 31.5 Å². The molecule has 0 radical (unpaired) electrons. The summed E-state index contributed by atoms with van der Waals surface area (Å²) in [5.41, 5.74) is 0.298. The van der Waals surface area contributed by atoms with Gasteiger partial charge < -0.3 is 5.11 Å². The molecule has 1 aliphatic heterocycles. The van der Waals surface area contributed by atoms with E-state index in [4.69, 9.17) is 29.8 Å². The molecule has 32 heavy (non-hydrogen) atoms. The molecule has 162 valence electrons. The summed E-state index contributed by atoms with van der Waals surface area (Å²) in [6, 6.07) is 19.6. The van der Waals surface area contributed by atoms with Gasteiger partial charge in [-0.2, -0.15) is 0 Å². The Morgan fingerprint density at radius 1 is 1.00 bits per heavy atom. The summed E-state index contributed by atoms with van der Waals surface area (Å²) in [5.74, 6) is 0. The summed E-state index contributed by atoms with van der Waals surface area (Å²) in [5, 5.41) is 13.4. The fourth-order valence-corrected chi connectivity index (χ4v) is 4.49. The first-order valence-electron chi connectivity index (χ1n) is 10.2. The predicted octanol–water partition coefficient (Wildman–Crippen LogP) is 7.00. The number of benzene rings is 3. The molecule has 1 fully saturated rings. The van der Waals surface area contributed by atoms with Crippen LogP contribution in [0.3, 0.4) is 0 Å². The number of rotatable bonds is 5. The van der Waals surface area contributed by atoms with E-state index in [0.717, 1.165) is 6.42 Å². The minimum absolute atomic E-state index is 0.371. The van der Waals surface area contributed by atoms with Crippen LogP contribution in [0.2, 0.25) is 10.0 Å². The van der Waals surface area contributed by atoms with Crippen LogP contribution in [-0.4, -0.2) is 17.2 Å². The van der Waals surface area contributed by atoms with Gasteiger partial charge in [0.15, 0.2) is 11.4 Å². The lowest BCUT2D eigenvalue weighted by molar-refractivity contribution is 0.0291. The van der Waals surface area contributed by atoms with Gasteiger partial charge in [0.2, 0.25) is 0 Å². The molecule has 4 rings (SSSR count). The largest absolute Gasteiger partial charge is 0.365 e. The Kier molecular flexibility index (Phi) is 6.12. The molecule has 0 aliphatic carbocycles. The van der Waals surface area contributed by atoms with E-state index in [2.05, 4.69) is 4.85 Å². The smallest absolute Gasteiger partial charge is 0.332 e. The second-order valence-electron chi connectivity index (χ2n) is 7.63. The maximum absolute atomic E-state index is 13.9. The highest BCUT2D eigenvalue weighted by atomic mass is 35.5. The van der Waals surface area contributed by atoms with Crippen LogP contribution in [0.1, 0.15) is 25.3 Å². The van der Waals surface area contributed by atoms with Gasteiger partial charge in [-0.05, 0) is 66.6 Å². The summed E-state index contributed by atoms with van der Waals surface area (Å²) < 4.78 is 0. The van der Waals surface area contributed by atoms with E-state index < -0.39 is 11.8 Å². The minimum atomic E-state index is -1.71. The van der Waals surface area contributed by atoms with Crippen LogP contribution in [0.5, 0.6) is 0 Å². The van der Waals surface area contributed by atoms with Gasteiger partial charge in [-0.15, -0.1) is 0 Å². The number of nitrogens with zero attached hydrogens (tertiary/aromatic N) is 3. The zero-order valence-corrected chi connectivity index (χ0v) is 18.9. The minimum Gasteiger partial charge on any atom is -0.365 e. The number of hydrogen-bond donors (Lipinski definition) is 1. The summed E-state index contributed by atoms with van der Waals surface area (Å²) in [4.78, 5) is 20.4. The monoisotopic (exact) mass is 465 g/mol. The van der Waals surface area contributed by atoms with Crippen molar-refractivity contribution in [1.82, 2.24) is 0 Å². The van der Waals surface area contributed by atoms with Crippen LogP contribution in [0, 0.1) is 6.57 Å². The highest BCUT2D eigenvalue weighted by Crippen LogP contribution is 2.46. The average Bonchev–Trinajstić information content (AvgIpc) is 3.03. The topological polar surface area (TPSA) is 48.1 Å². The molecule has 1 aliphatic rings. The number of halogens is 2. The second kappa shape index (κ2) is 8.84. The molecule has 7 heteroatoms. The van der Waals surface area contributed by atoms with Crippen LogP contribution < -0.4 is 9.80 Å². The lowest BCUT2D eigenvalue weighted by Crippen LogP contribution is -2.49. The lowest BCUT2D eigenvalue weighted by Gasteiger charge is -2.37. The Bertz CT molecular complexity index is 1180. The second-order valence-corrected chi connectivity index (χ2v) is 8.51. The van der Waals surface area contributed by atoms with Crippen LogP contribution in [-0.2, 0) is 5.72 Å². The van der Waals surface area contributed by atoms with Crippen LogP contribution >= 0.6 is 23.2 Å². The third kappa shape index (κ3) is 3.71. The molecule has 0 saturated carbocycles. The molecule has 0 aromatic heterocycles. The molecule has 1 heterocycles. The fourth-order valence-electron chi connectivity index (χ4n) is 4.24. The van der Waals surface area contributed by atoms with E-state index in [9.17, 15) is 9.90 Å². The van der Waals surface area contributed by atoms with Crippen molar-refractivity contribution in [2.75, 3.05) is 9.80 Å². The third-order valence-electron chi connectivity index (χ3n) is 5.67. The van der Waals surface area contributed by atoms with Gasteiger partial charge in [0.1, 0.15) is 0 Å². The number of anilines is 2. The van der Waals surface area contributed by atoms with E-state index >= 15 is 0 Å². The Balaban J connectivity index is 1.96. The molecular formula is C25H21Cl2N3O2. The Morgan fingerprint density at radius 3 is 2.16 bits per heavy atom. The van der Waals surface area contributed by atoms with Crippen molar-refractivity contribution in [2.24, 2.45) is 0 Å². The highest BCUT2D eigenvalue weighted by Gasteiger charge is 2.58. The van der Waals surface area contributed by atoms with Crippen molar-refractivity contribution in [3.63, 3.8) is 0 Å². The molecule has 1 unspecified atom stereocenters. The third-order valence-corrected chi connectivity index (χ3v) is 6.17. The Morgan fingerprint density at radius 2 is 1.59 bits per heavy atom. The number of carbonyl (C=O) groups excluding carboxylic acids is 1. The summed E-state index contributed by atoms with van der Waals surface area (Å²) >= 11 is 12.2. The molecule has 5 nitrogen and oxygen atoms in total. The quantitative estimate of drug-likeness (QED) is 0.412. The van der Waals surface area contributed by atoms with E-state index in [1.54, 1.807) is 77.7 Å². The van der Waals surface area contributed by atoms with E-state index in [1.165, 1.54) is 4.90 Å². The van der Waals surface area contributed by atoms with E-state index in [1.807, 2.05) is 6.92 Å². The van der Waals surface area contributed by atoms with Gasteiger partial charge in [-0.25, -0.2) is 9.64 Å². The van der Waals surface area contributed by atoms with Crippen molar-refractivity contribution in [3.8, 4) is 0 Å². The van der Waals surface area contributed by atoms with E-state index in [0.29, 0.717) is 39.1 Å². The number of amides is 2. The summed E-state index contributed by atoms with van der Waals surface area (Å²) in [6.07, 6.45) is 1.28. The molecule has 3 aromatic rings. The number of urea groups is 1. The van der Waals surface area contributed by atoms with Crippen LogP contribution in [0.4, 0.5) is 21.9 Å². The number of carbonyl (C=O) groups is 1. The molecular weight excluding hydrogens is 445 g/mol. The first-order valence-corrected chi connectivity index (χ1v) is 11.0. The first kappa shape index (κ1) is 22.2. The van der Waals surface area contributed by atoms with Crippen LogP contribution in [0.15, 0.2) is 72.8 Å². The molecule has 1 saturated heterocycles. The molecule has 3 aromatic carbocycles. The van der Waals surface area contributed by atoms with Gasteiger partial charge in [0.25, 0.3) is 0 Å². The first-order chi connectivity index (χ1) is 15.4. The summed E-state index contributed by atoms with van der Waals surface area (Å²) in [7, 11) is 0. The maximum atomic E-state index is 13.9. The normalized spacial score (nSPS) is 20.5. The number of aliphatic hydroxyl groups is 1. The van der Waals surface area contributed by atoms with Crippen molar-refractivity contribution < 1.29 is 9.90 Å². The Hall–Kier alpha value is -3.04. The van der Waals surface area contributed by atoms with Crippen molar-refractivity contribution in [1.29, 1.82) is 0 Å². The molecule has 2 amide bonds. The predicted molar refractivity (Wildman–Crippen MR) is 129 cm³/mol. The van der Waals surface area contributed by atoms with Crippen molar-refractivity contribution >= 4 is 46.3 Å². The summed E-state index contributed by atoms with van der Waals surface area (Å²) in [6.45, 7) is 9.41. The zero-order chi connectivity index (χ0) is 22.9. The maximum Gasteiger partial charge on any atom is 0.332 e. The SMILES string of the molecule is [C-]#[N+]c1cccc(C2(O)[C@@H](CCC)N(c3ccc(Cl)cc3)C(=O)N2c2ccc(Cl)cc2)c1. The molecule has 0 spiro atoms. The van der Waals surface area contributed by atoms with Gasteiger partial charge in [0.05, 0.1) is 12.6 Å². The van der Waals surface area contributed by atoms with Gasteiger partial charge >= 0.3 is 6.03 Å². The van der Waals surface area contributed by atoms with Gasteiger partial charge in [-0.1, -0.05) is 54.7 Å². The molecule has 1 N–H and O–H groups in total. The Labute approximate surface area is 197 Å².